The monoisotopic (exact) mass is 374 g/mol. The number of rotatable bonds is 6. The Labute approximate surface area is 153 Å². The van der Waals surface area contributed by atoms with Crippen molar-refractivity contribution in [2.75, 3.05) is 18.6 Å². The second kappa shape index (κ2) is 6.64. The lowest BCUT2D eigenvalue weighted by Crippen LogP contribution is -2.28. The quantitative estimate of drug-likeness (QED) is 0.526. The third-order valence-corrected chi connectivity index (χ3v) is 6.04. The fourth-order valence-electron chi connectivity index (χ4n) is 2.52. The van der Waals surface area contributed by atoms with Crippen molar-refractivity contribution in [3.8, 4) is 0 Å². The Morgan fingerprint density at radius 3 is 2.96 bits per heavy atom. The number of thioether (sulfide) groups is 1. The Morgan fingerprint density at radius 1 is 1.40 bits per heavy atom. The summed E-state index contributed by atoms with van der Waals surface area (Å²) in [6.45, 7) is 0.501. The van der Waals surface area contributed by atoms with Crippen LogP contribution >= 0.6 is 23.1 Å². The highest BCUT2D eigenvalue weighted by atomic mass is 32.2. The Kier molecular flexibility index (Phi) is 4.34. The molecule has 25 heavy (non-hydrogen) atoms. The molecule has 0 unspecified atom stereocenters. The van der Waals surface area contributed by atoms with Gasteiger partial charge in [0.2, 0.25) is 11.1 Å². The highest BCUT2D eigenvalue weighted by Crippen LogP contribution is 2.39. The number of hydrogen-bond donors (Lipinski definition) is 1. The van der Waals surface area contributed by atoms with E-state index in [1.54, 1.807) is 23.3 Å². The maximum Gasteiger partial charge on any atom is 0.233 e. The van der Waals surface area contributed by atoms with Crippen LogP contribution in [0.2, 0.25) is 0 Å². The van der Waals surface area contributed by atoms with Crippen molar-refractivity contribution in [2.24, 2.45) is 0 Å². The molecule has 7 nitrogen and oxygen atoms in total. The Balaban J connectivity index is 1.35. The predicted octanol–water partition coefficient (Wildman–Crippen LogP) is 2.23. The van der Waals surface area contributed by atoms with Crippen molar-refractivity contribution in [1.82, 2.24) is 24.8 Å². The van der Waals surface area contributed by atoms with E-state index in [0.717, 1.165) is 33.9 Å². The molecule has 1 amide bonds. The number of fused-ring (bicyclic) bond motifs is 1. The molecule has 130 valence electrons. The van der Waals surface area contributed by atoms with Gasteiger partial charge in [-0.2, -0.15) is 0 Å². The first-order valence-corrected chi connectivity index (χ1v) is 9.83. The minimum absolute atomic E-state index is 0.0141. The lowest BCUT2D eigenvalue weighted by atomic mass is 10.3. The van der Waals surface area contributed by atoms with Crippen molar-refractivity contribution in [2.45, 2.75) is 30.5 Å². The maximum absolute atomic E-state index is 12.4. The van der Waals surface area contributed by atoms with Gasteiger partial charge in [0, 0.05) is 13.0 Å². The Bertz CT molecular complexity index is 883. The van der Waals surface area contributed by atoms with Gasteiger partial charge >= 0.3 is 0 Å². The van der Waals surface area contributed by atoms with Gasteiger partial charge in [0.15, 0.2) is 5.82 Å². The topological polar surface area (TPSA) is 89.9 Å². The van der Waals surface area contributed by atoms with Gasteiger partial charge in [-0.25, -0.2) is 9.66 Å². The first-order chi connectivity index (χ1) is 12.1. The molecule has 1 aliphatic carbocycles. The van der Waals surface area contributed by atoms with Crippen LogP contribution in [0.25, 0.3) is 10.2 Å². The molecule has 9 heteroatoms. The second-order valence-electron chi connectivity index (χ2n) is 6.10. The van der Waals surface area contributed by atoms with E-state index in [2.05, 4.69) is 15.2 Å². The number of hydrogen-bond acceptors (Lipinski definition) is 7. The van der Waals surface area contributed by atoms with Gasteiger partial charge in [-0.1, -0.05) is 23.9 Å². The Hall–Kier alpha value is -2.13. The Morgan fingerprint density at radius 2 is 2.20 bits per heavy atom. The number of nitrogens with two attached hydrogens (primary N) is 1. The molecular formula is C16H18N6OS2. The molecule has 1 fully saturated rings. The summed E-state index contributed by atoms with van der Waals surface area (Å²) in [4.78, 5) is 18.6. The zero-order chi connectivity index (χ0) is 17.4. The summed E-state index contributed by atoms with van der Waals surface area (Å²) in [7, 11) is 1.79. The minimum Gasteiger partial charge on any atom is -0.338 e. The van der Waals surface area contributed by atoms with Crippen LogP contribution in [0, 0.1) is 0 Å². The van der Waals surface area contributed by atoms with Crippen molar-refractivity contribution in [1.29, 1.82) is 0 Å². The van der Waals surface area contributed by atoms with Crippen molar-refractivity contribution in [3.63, 3.8) is 0 Å². The first-order valence-electron chi connectivity index (χ1n) is 8.03. The highest BCUT2D eigenvalue weighted by Gasteiger charge is 2.30. The van der Waals surface area contributed by atoms with Crippen LogP contribution in [-0.2, 0) is 11.3 Å². The molecule has 1 aliphatic rings. The van der Waals surface area contributed by atoms with Crippen LogP contribution in [0.5, 0.6) is 0 Å². The second-order valence-corrected chi connectivity index (χ2v) is 8.16. The van der Waals surface area contributed by atoms with Gasteiger partial charge < -0.3 is 10.7 Å². The van der Waals surface area contributed by atoms with Crippen molar-refractivity contribution >= 4 is 39.2 Å². The van der Waals surface area contributed by atoms with Crippen LogP contribution in [0.1, 0.15) is 29.6 Å². The average molecular weight is 374 g/mol. The fourth-order valence-corrected chi connectivity index (χ4v) is 4.35. The van der Waals surface area contributed by atoms with Crippen LogP contribution < -0.4 is 5.84 Å². The van der Waals surface area contributed by atoms with E-state index in [0.29, 0.717) is 17.6 Å². The highest BCUT2D eigenvalue weighted by molar-refractivity contribution is 7.99. The van der Waals surface area contributed by atoms with E-state index in [9.17, 15) is 4.79 Å². The van der Waals surface area contributed by atoms with Crippen molar-refractivity contribution in [3.05, 3.63) is 35.1 Å². The number of carbonyl (C=O) groups excluding carboxylic acids is 1. The molecule has 1 aromatic carbocycles. The van der Waals surface area contributed by atoms with E-state index in [1.807, 2.05) is 24.3 Å². The van der Waals surface area contributed by atoms with Gasteiger partial charge in [0.05, 0.1) is 22.5 Å². The van der Waals surface area contributed by atoms with Gasteiger partial charge in [-0.05, 0) is 25.0 Å². The summed E-state index contributed by atoms with van der Waals surface area (Å²) in [5.41, 5.74) is 0.974. The molecule has 0 radical (unpaired) electrons. The van der Waals surface area contributed by atoms with E-state index >= 15 is 0 Å². The standard InChI is InChI=1S/C16H18N6OS2/c1-21(8-13-18-11-4-2-3-5-12(11)25-13)14(23)9-24-16-20-19-15(22(16)17)10-6-7-10/h2-5,10H,6-9,17H2,1H3. The average Bonchev–Trinajstić information content (AvgIpc) is 3.26. The third kappa shape index (κ3) is 3.47. The van der Waals surface area contributed by atoms with Gasteiger partial charge in [0.25, 0.3) is 0 Å². The third-order valence-electron chi connectivity index (χ3n) is 4.09. The molecule has 0 saturated heterocycles. The summed E-state index contributed by atoms with van der Waals surface area (Å²) in [5, 5.41) is 9.73. The molecule has 0 atom stereocenters. The number of nitrogens with zero attached hydrogens (tertiary/aromatic N) is 5. The molecule has 2 aromatic heterocycles. The lowest BCUT2D eigenvalue weighted by molar-refractivity contribution is -0.127. The number of carbonyl (C=O) groups is 1. The molecular weight excluding hydrogens is 356 g/mol. The molecule has 0 aliphatic heterocycles. The summed E-state index contributed by atoms with van der Waals surface area (Å²) in [6.07, 6.45) is 2.23. The normalized spacial score (nSPS) is 14.1. The zero-order valence-electron chi connectivity index (χ0n) is 13.8. The summed E-state index contributed by atoms with van der Waals surface area (Å²) >= 11 is 2.94. The van der Waals surface area contributed by atoms with E-state index in [4.69, 9.17) is 5.84 Å². The maximum atomic E-state index is 12.4. The smallest absolute Gasteiger partial charge is 0.233 e. The van der Waals surface area contributed by atoms with Gasteiger partial charge in [-0.3, -0.25) is 4.79 Å². The zero-order valence-corrected chi connectivity index (χ0v) is 15.4. The van der Waals surface area contributed by atoms with Gasteiger partial charge in [-0.15, -0.1) is 21.5 Å². The predicted molar refractivity (Wildman–Crippen MR) is 99.0 cm³/mol. The fraction of sp³-hybridized carbons (Fsp3) is 0.375. The molecule has 4 rings (SSSR count). The number of thiazole rings is 1. The number of aromatic nitrogens is 4. The van der Waals surface area contributed by atoms with Crippen molar-refractivity contribution < 1.29 is 4.79 Å². The summed E-state index contributed by atoms with van der Waals surface area (Å²) < 4.78 is 2.65. The minimum atomic E-state index is 0.0141. The van der Waals surface area contributed by atoms with E-state index < -0.39 is 0 Å². The van der Waals surface area contributed by atoms with Crippen LogP contribution in [0.15, 0.2) is 29.4 Å². The summed E-state index contributed by atoms with van der Waals surface area (Å²) in [5.74, 6) is 7.56. The molecule has 2 N–H and O–H groups in total. The molecule has 3 aromatic rings. The number of para-hydroxylation sites is 1. The van der Waals surface area contributed by atoms with Crippen LogP contribution in [0.3, 0.4) is 0 Å². The number of amides is 1. The number of benzene rings is 1. The molecule has 2 heterocycles. The van der Waals surface area contributed by atoms with Crippen LogP contribution in [-0.4, -0.2) is 43.5 Å². The largest absolute Gasteiger partial charge is 0.338 e. The molecule has 1 saturated carbocycles. The molecule has 0 bridgehead atoms. The summed E-state index contributed by atoms with van der Waals surface area (Å²) in [6, 6.07) is 7.99. The number of nitrogen functional groups attached to an aromatic ring is 1. The van der Waals surface area contributed by atoms with E-state index in [-0.39, 0.29) is 11.7 Å². The van der Waals surface area contributed by atoms with Crippen LogP contribution in [0.4, 0.5) is 0 Å². The SMILES string of the molecule is CN(Cc1nc2ccccc2s1)C(=O)CSc1nnc(C2CC2)n1N. The first kappa shape index (κ1) is 16.3. The lowest BCUT2D eigenvalue weighted by Gasteiger charge is -2.15. The molecule has 0 spiro atoms. The van der Waals surface area contributed by atoms with Gasteiger partial charge in [0.1, 0.15) is 5.01 Å². The van der Waals surface area contributed by atoms with E-state index in [1.165, 1.54) is 16.4 Å².